The van der Waals surface area contributed by atoms with Crippen LogP contribution in [-0.4, -0.2) is 57.3 Å². The Labute approximate surface area is 118 Å². The summed E-state index contributed by atoms with van der Waals surface area (Å²) in [6.07, 6.45) is 8.13. The third kappa shape index (κ3) is 2.91. The standard InChI is InChI=1S/C13H22N6O/c20-13(18-10-4-1-2-5-11-18)19-15-12(14-16-19)17-8-6-3-7-9-17/h1-11H2. The SMILES string of the molecule is O=C(N1CCCCCC1)n1nnc(N2CCCCC2)n1. The van der Waals surface area contributed by atoms with Gasteiger partial charge in [-0.05, 0) is 37.3 Å². The Morgan fingerprint density at radius 3 is 2.15 bits per heavy atom. The first kappa shape index (κ1) is 13.3. The first-order valence-electron chi connectivity index (χ1n) is 7.69. The lowest BCUT2D eigenvalue weighted by Gasteiger charge is -2.24. The summed E-state index contributed by atoms with van der Waals surface area (Å²) in [5.41, 5.74) is 0. The molecule has 2 aliphatic rings. The zero-order valence-corrected chi connectivity index (χ0v) is 11.9. The number of likely N-dealkylation sites (tertiary alicyclic amines) is 1. The minimum absolute atomic E-state index is 0.136. The second-order valence-electron chi connectivity index (χ2n) is 5.61. The average molecular weight is 278 g/mol. The van der Waals surface area contributed by atoms with Gasteiger partial charge in [0.2, 0.25) is 0 Å². The number of rotatable bonds is 1. The molecule has 0 aliphatic carbocycles. The van der Waals surface area contributed by atoms with Crippen LogP contribution in [0.4, 0.5) is 10.7 Å². The van der Waals surface area contributed by atoms with Crippen LogP contribution in [0.2, 0.25) is 0 Å². The average Bonchev–Trinajstić information content (AvgIpc) is 2.83. The lowest BCUT2D eigenvalue weighted by Crippen LogP contribution is -2.37. The van der Waals surface area contributed by atoms with Crippen LogP contribution in [0, 0.1) is 0 Å². The first-order valence-corrected chi connectivity index (χ1v) is 7.69. The molecule has 3 heterocycles. The maximum atomic E-state index is 12.4. The maximum absolute atomic E-state index is 12.4. The second kappa shape index (κ2) is 6.19. The molecule has 3 rings (SSSR count). The van der Waals surface area contributed by atoms with Crippen LogP contribution in [0.1, 0.15) is 44.9 Å². The van der Waals surface area contributed by atoms with Crippen LogP contribution >= 0.6 is 0 Å². The van der Waals surface area contributed by atoms with Crippen LogP contribution in [0.3, 0.4) is 0 Å². The third-order valence-electron chi connectivity index (χ3n) is 4.09. The van der Waals surface area contributed by atoms with Gasteiger partial charge in [-0.1, -0.05) is 22.7 Å². The number of nitrogens with zero attached hydrogens (tertiary/aromatic N) is 6. The van der Waals surface area contributed by atoms with Gasteiger partial charge in [-0.25, -0.2) is 4.79 Å². The molecule has 0 aromatic carbocycles. The van der Waals surface area contributed by atoms with E-state index < -0.39 is 0 Å². The van der Waals surface area contributed by atoms with E-state index in [0.717, 1.165) is 56.7 Å². The molecule has 1 aromatic heterocycles. The first-order chi connectivity index (χ1) is 9.84. The molecule has 0 unspecified atom stereocenters. The topological polar surface area (TPSA) is 67.2 Å². The number of carbonyl (C=O) groups is 1. The van der Waals surface area contributed by atoms with E-state index in [1.165, 1.54) is 19.3 Å². The maximum Gasteiger partial charge on any atom is 0.363 e. The highest BCUT2D eigenvalue weighted by molar-refractivity contribution is 5.75. The Morgan fingerprint density at radius 2 is 1.45 bits per heavy atom. The highest BCUT2D eigenvalue weighted by Gasteiger charge is 2.22. The van der Waals surface area contributed by atoms with E-state index in [2.05, 4.69) is 20.3 Å². The van der Waals surface area contributed by atoms with Gasteiger partial charge in [0.1, 0.15) is 0 Å². The molecule has 110 valence electrons. The predicted molar refractivity (Wildman–Crippen MR) is 74.7 cm³/mol. The Kier molecular flexibility index (Phi) is 4.13. The van der Waals surface area contributed by atoms with Gasteiger partial charge in [0.15, 0.2) is 0 Å². The summed E-state index contributed by atoms with van der Waals surface area (Å²) < 4.78 is 0. The summed E-state index contributed by atoms with van der Waals surface area (Å²) in [5.74, 6) is 0.591. The summed E-state index contributed by atoms with van der Waals surface area (Å²) in [6.45, 7) is 3.53. The summed E-state index contributed by atoms with van der Waals surface area (Å²) >= 11 is 0. The molecule has 1 aromatic rings. The molecular formula is C13H22N6O. The predicted octanol–water partition coefficient (Wildman–Crippen LogP) is 1.51. The largest absolute Gasteiger partial charge is 0.363 e. The Balaban J connectivity index is 1.67. The number of anilines is 1. The number of hydrogen-bond donors (Lipinski definition) is 0. The molecule has 7 heteroatoms. The number of carbonyl (C=O) groups excluding carboxylic acids is 1. The van der Waals surface area contributed by atoms with Gasteiger partial charge in [0, 0.05) is 26.2 Å². The summed E-state index contributed by atoms with van der Waals surface area (Å²) in [7, 11) is 0. The number of amides is 1. The lowest BCUT2D eigenvalue weighted by molar-refractivity contribution is 0.193. The van der Waals surface area contributed by atoms with E-state index in [0.29, 0.717) is 5.95 Å². The van der Waals surface area contributed by atoms with Gasteiger partial charge < -0.3 is 9.80 Å². The van der Waals surface area contributed by atoms with Gasteiger partial charge >= 0.3 is 6.03 Å². The monoisotopic (exact) mass is 278 g/mol. The van der Waals surface area contributed by atoms with Crippen LogP contribution in [0.5, 0.6) is 0 Å². The van der Waals surface area contributed by atoms with Crippen molar-refractivity contribution in [3.8, 4) is 0 Å². The zero-order chi connectivity index (χ0) is 13.8. The third-order valence-corrected chi connectivity index (χ3v) is 4.09. The van der Waals surface area contributed by atoms with E-state index in [9.17, 15) is 4.79 Å². The van der Waals surface area contributed by atoms with Gasteiger partial charge in [-0.2, -0.15) is 0 Å². The molecular weight excluding hydrogens is 256 g/mol. The van der Waals surface area contributed by atoms with Crippen LogP contribution < -0.4 is 4.90 Å². The molecule has 0 spiro atoms. The van der Waals surface area contributed by atoms with Crippen LogP contribution in [-0.2, 0) is 0 Å². The smallest absolute Gasteiger partial charge is 0.338 e. The summed E-state index contributed by atoms with van der Waals surface area (Å²) in [6, 6.07) is -0.136. The van der Waals surface area contributed by atoms with E-state index in [4.69, 9.17) is 0 Å². The molecule has 0 bridgehead atoms. The van der Waals surface area contributed by atoms with Crippen molar-refractivity contribution in [2.24, 2.45) is 0 Å². The van der Waals surface area contributed by atoms with E-state index in [-0.39, 0.29) is 6.03 Å². The normalized spacial score (nSPS) is 20.8. The number of piperidine rings is 1. The van der Waals surface area contributed by atoms with Gasteiger partial charge in [0.05, 0.1) is 0 Å². The summed E-state index contributed by atoms with van der Waals surface area (Å²) in [4.78, 5) is 17.5. The van der Waals surface area contributed by atoms with Gasteiger partial charge in [0.25, 0.3) is 5.95 Å². The molecule has 2 saturated heterocycles. The molecule has 0 saturated carbocycles. The van der Waals surface area contributed by atoms with E-state index in [1.807, 2.05) is 4.90 Å². The Bertz CT molecular complexity index is 445. The Hall–Kier alpha value is -1.66. The fourth-order valence-electron chi connectivity index (χ4n) is 2.90. The molecule has 2 fully saturated rings. The second-order valence-corrected chi connectivity index (χ2v) is 5.61. The minimum Gasteiger partial charge on any atom is -0.338 e. The fraction of sp³-hybridized carbons (Fsp3) is 0.846. The van der Waals surface area contributed by atoms with Crippen molar-refractivity contribution in [1.29, 1.82) is 0 Å². The van der Waals surface area contributed by atoms with Gasteiger partial charge in [-0.3, -0.25) is 0 Å². The molecule has 1 amide bonds. The Morgan fingerprint density at radius 1 is 0.850 bits per heavy atom. The highest BCUT2D eigenvalue weighted by atomic mass is 16.2. The molecule has 20 heavy (non-hydrogen) atoms. The van der Waals surface area contributed by atoms with Crippen molar-refractivity contribution in [3.05, 3.63) is 0 Å². The van der Waals surface area contributed by atoms with Crippen molar-refractivity contribution in [2.45, 2.75) is 44.9 Å². The van der Waals surface area contributed by atoms with Crippen molar-refractivity contribution in [1.82, 2.24) is 25.1 Å². The molecule has 0 radical (unpaired) electrons. The van der Waals surface area contributed by atoms with E-state index in [1.54, 1.807) is 0 Å². The highest BCUT2D eigenvalue weighted by Crippen LogP contribution is 2.15. The fourth-order valence-corrected chi connectivity index (χ4v) is 2.90. The number of aromatic nitrogens is 4. The quantitative estimate of drug-likeness (QED) is 0.779. The van der Waals surface area contributed by atoms with Gasteiger partial charge in [-0.15, -0.1) is 5.10 Å². The molecule has 2 aliphatic heterocycles. The molecule has 0 N–H and O–H groups in total. The number of tetrazole rings is 1. The molecule has 0 atom stereocenters. The zero-order valence-electron chi connectivity index (χ0n) is 11.9. The summed E-state index contributed by atoms with van der Waals surface area (Å²) in [5, 5.41) is 12.2. The lowest BCUT2D eigenvalue weighted by atomic mass is 10.1. The van der Waals surface area contributed by atoms with Crippen molar-refractivity contribution >= 4 is 12.0 Å². The van der Waals surface area contributed by atoms with Crippen molar-refractivity contribution in [3.63, 3.8) is 0 Å². The molecule has 7 nitrogen and oxygen atoms in total. The minimum atomic E-state index is -0.136. The number of hydrogen-bond acceptors (Lipinski definition) is 5. The van der Waals surface area contributed by atoms with Crippen molar-refractivity contribution in [2.75, 3.05) is 31.1 Å². The van der Waals surface area contributed by atoms with Crippen LogP contribution in [0.15, 0.2) is 0 Å². The van der Waals surface area contributed by atoms with Crippen LogP contribution in [0.25, 0.3) is 0 Å². The van der Waals surface area contributed by atoms with E-state index >= 15 is 0 Å². The van der Waals surface area contributed by atoms with Crippen molar-refractivity contribution < 1.29 is 4.79 Å².